The normalized spacial score (nSPS) is 11.3. The predicted molar refractivity (Wildman–Crippen MR) is 59.7 cm³/mol. The lowest BCUT2D eigenvalue weighted by atomic mass is 10.5. The van der Waals surface area contributed by atoms with E-state index in [1.165, 1.54) is 0 Å². The van der Waals surface area contributed by atoms with E-state index in [0.29, 0.717) is 0 Å². The summed E-state index contributed by atoms with van der Waals surface area (Å²) < 4.78 is 9.83. The molecule has 0 bridgehead atoms. The SMILES string of the molecule is O=C(O)CCOP(=S)(S)OCCC(=O)O. The van der Waals surface area contributed by atoms with Gasteiger partial charge < -0.3 is 19.3 Å². The molecule has 0 amide bonds. The molecule has 0 saturated carbocycles. The van der Waals surface area contributed by atoms with Gasteiger partial charge in [0, 0.05) is 0 Å². The minimum Gasteiger partial charge on any atom is -0.481 e. The topological polar surface area (TPSA) is 93.1 Å². The van der Waals surface area contributed by atoms with Crippen LogP contribution in [0.5, 0.6) is 0 Å². The van der Waals surface area contributed by atoms with Gasteiger partial charge in [0.15, 0.2) is 0 Å². The van der Waals surface area contributed by atoms with Crippen molar-refractivity contribution in [2.75, 3.05) is 13.2 Å². The van der Waals surface area contributed by atoms with Crippen molar-refractivity contribution in [2.45, 2.75) is 12.8 Å². The summed E-state index contributed by atoms with van der Waals surface area (Å²) in [5.41, 5.74) is -2.80. The lowest BCUT2D eigenvalue weighted by Gasteiger charge is -2.15. The van der Waals surface area contributed by atoms with Crippen LogP contribution < -0.4 is 0 Å². The molecule has 0 heterocycles. The second-order valence-electron chi connectivity index (χ2n) is 2.42. The fourth-order valence-corrected chi connectivity index (χ4v) is 2.19. The minimum absolute atomic E-state index is 0.0941. The molecule has 2 N–H and O–H groups in total. The van der Waals surface area contributed by atoms with Crippen molar-refractivity contribution in [1.29, 1.82) is 0 Å². The molecular weight excluding hydrogens is 263 g/mol. The van der Waals surface area contributed by atoms with Crippen molar-refractivity contribution in [3.63, 3.8) is 0 Å². The Morgan fingerprint density at radius 2 is 1.47 bits per heavy atom. The van der Waals surface area contributed by atoms with Crippen molar-refractivity contribution in [1.82, 2.24) is 0 Å². The van der Waals surface area contributed by atoms with Gasteiger partial charge in [-0.15, -0.1) is 0 Å². The first-order valence-electron chi connectivity index (χ1n) is 3.89. The average Bonchev–Trinajstić information content (AvgIpc) is 2.01. The summed E-state index contributed by atoms with van der Waals surface area (Å²) in [6, 6.07) is 0. The molecule has 0 aliphatic rings. The monoisotopic (exact) mass is 274 g/mol. The first-order valence-corrected chi connectivity index (χ1v) is 7.68. The Bertz CT molecular complexity index is 257. The number of carboxylic acids is 2. The maximum absolute atomic E-state index is 10.1. The fourth-order valence-electron chi connectivity index (χ4n) is 0.534. The van der Waals surface area contributed by atoms with Gasteiger partial charge in [0.05, 0.1) is 26.1 Å². The Labute approximate surface area is 96.9 Å². The zero-order chi connectivity index (χ0) is 11.9. The number of carbonyl (C=O) groups is 2. The summed E-state index contributed by atoms with van der Waals surface area (Å²) in [6.07, 6.45) is -0.386. The highest BCUT2D eigenvalue weighted by molar-refractivity contribution is 8.60. The van der Waals surface area contributed by atoms with Crippen LogP contribution in [0.1, 0.15) is 12.8 Å². The number of hydrogen-bond donors (Lipinski definition) is 3. The number of aliphatic carboxylic acids is 2. The molecule has 6 nitrogen and oxygen atoms in total. The highest BCUT2D eigenvalue weighted by Gasteiger charge is 2.14. The number of rotatable bonds is 8. The highest BCUT2D eigenvalue weighted by atomic mass is 32.9. The smallest absolute Gasteiger partial charge is 0.305 e. The fraction of sp³-hybridized carbons (Fsp3) is 0.667. The van der Waals surface area contributed by atoms with Crippen LogP contribution in [-0.4, -0.2) is 35.4 Å². The molecule has 0 aliphatic carbocycles. The molecule has 0 atom stereocenters. The first kappa shape index (κ1) is 14.9. The molecule has 15 heavy (non-hydrogen) atoms. The standard InChI is InChI=1S/C6H11O6PS2/c7-5(8)1-3-11-13(14,15)12-4-2-6(9)10/h1-4H2,(H,7,8)(H,9,10)(H,14,15). The maximum atomic E-state index is 10.1. The van der Waals surface area contributed by atoms with E-state index < -0.39 is 17.6 Å². The van der Waals surface area contributed by atoms with Crippen LogP contribution in [0, 0.1) is 0 Å². The van der Waals surface area contributed by atoms with E-state index in [4.69, 9.17) is 31.1 Å². The molecule has 0 radical (unpaired) electrons. The molecule has 0 aliphatic heterocycles. The van der Waals surface area contributed by atoms with Crippen molar-refractivity contribution in [2.24, 2.45) is 0 Å². The van der Waals surface area contributed by atoms with Gasteiger partial charge in [0.1, 0.15) is 0 Å². The van der Waals surface area contributed by atoms with Crippen LogP contribution in [0.25, 0.3) is 0 Å². The van der Waals surface area contributed by atoms with Crippen LogP contribution in [0.2, 0.25) is 0 Å². The zero-order valence-corrected chi connectivity index (χ0v) is 10.3. The van der Waals surface area contributed by atoms with Gasteiger partial charge in [-0.2, -0.15) is 0 Å². The van der Waals surface area contributed by atoms with Crippen molar-refractivity contribution in [3.8, 4) is 0 Å². The molecule has 0 spiro atoms. The molecule has 9 heteroatoms. The van der Waals surface area contributed by atoms with E-state index in [1.54, 1.807) is 0 Å². The molecule has 0 rings (SSSR count). The van der Waals surface area contributed by atoms with Gasteiger partial charge in [0.25, 0.3) is 0 Å². The molecule has 0 fully saturated rings. The Morgan fingerprint density at radius 3 is 1.73 bits per heavy atom. The van der Waals surface area contributed by atoms with Gasteiger partial charge in [-0.1, -0.05) is 12.2 Å². The van der Waals surface area contributed by atoms with Crippen LogP contribution in [-0.2, 0) is 30.4 Å². The molecule has 0 aromatic rings. The number of hydrogen-bond acceptors (Lipinski definition) is 5. The van der Waals surface area contributed by atoms with Gasteiger partial charge >= 0.3 is 11.9 Å². The van der Waals surface area contributed by atoms with E-state index in [2.05, 4.69) is 12.2 Å². The van der Waals surface area contributed by atoms with Crippen LogP contribution in [0.3, 0.4) is 0 Å². The van der Waals surface area contributed by atoms with Gasteiger partial charge in [0.2, 0.25) is 5.69 Å². The largest absolute Gasteiger partial charge is 0.481 e. The molecule has 0 saturated heterocycles. The quantitative estimate of drug-likeness (QED) is 0.451. The molecular formula is C6H11O6PS2. The Balaban J connectivity index is 3.72. The Kier molecular flexibility index (Phi) is 7.12. The van der Waals surface area contributed by atoms with Crippen LogP contribution in [0.4, 0.5) is 0 Å². The summed E-state index contributed by atoms with van der Waals surface area (Å²) in [5.74, 6) is -2.02. The van der Waals surface area contributed by atoms with E-state index in [-0.39, 0.29) is 26.1 Å². The van der Waals surface area contributed by atoms with E-state index in [1.807, 2.05) is 0 Å². The maximum Gasteiger partial charge on any atom is 0.305 e. The molecule has 88 valence electrons. The number of carboxylic acid groups (broad SMARTS) is 2. The van der Waals surface area contributed by atoms with Crippen molar-refractivity contribution in [3.05, 3.63) is 0 Å². The molecule has 0 aromatic carbocycles. The van der Waals surface area contributed by atoms with Crippen LogP contribution >= 0.6 is 17.9 Å². The summed E-state index contributed by atoms with van der Waals surface area (Å²) in [4.78, 5) is 20.3. The van der Waals surface area contributed by atoms with E-state index in [0.717, 1.165) is 0 Å². The van der Waals surface area contributed by atoms with E-state index >= 15 is 0 Å². The third kappa shape index (κ3) is 10.1. The molecule has 0 unspecified atom stereocenters. The second kappa shape index (κ2) is 7.19. The van der Waals surface area contributed by atoms with Crippen LogP contribution in [0.15, 0.2) is 0 Å². The third-order valence-electron chi connectivity index (χ3n) is 1.14. The highest BCUT2D eigenvalue weighted by Crippen LogP contribution is 2.53. The van der Waals surface area contributed by atoms with Crippen molar-refractivity contribution >= 4 is 41.7 Å². The Hall–Kier alpha value is -0.140. The lowest BCUT2D eigenvalue weighted by molar-refractivity contribution is -0.138. The Morgan fingerprint density at radius 1 is 1.13 bits per heavy atom. The summed E-state index contributed by atoms with van der Waals surface area (Å²) >= 11 is 8.68. The minimum atomic E-state index is -2.80. The van der Waals surface area contributed by atoms with Gasteiger partial charge in [-0.3, -0.25) is 9.59 Å². The van der Waals surface area contributed by atoms with Gasteiger partial charge in [-0.25, -0.2) is 0 Å². The summed E-state index contributed by atoms with van der Waals surface area (Å²) in [6.45, 7) is -0.188. The first-order chi connectivity index (χ1) is 6.83. The average molecular weight is 274 g/mol. The number of thiol groups is 1. The third-order valence-corrected chi connectivity index (χ3v) is 3.48. The van der Waals surface area contributed by atoms with Gasteiger partial charge in [-0.05, 0) is 11.8 Å². The van der Waals surface area contributed by atoms with E-state index in [9.17, 15) is 9.59 Å². The second-order valence-corrected chi connectivity index (χ2v) is 7.71. The molecule has 0 aromatic heterocycles. The zero-order valence-electron chi connectivity index (χ0n) is 7.66. The predicted octanol–water partition coefficient (Wildman–Crippen LogP) is 1.12. The summed E-state index contributed by atoms with van der Waals surface area (Å²) in [5, 5.41) is 16.6. The van der Waals surface area contributed by atoms with Crippen molar-refractivity contribution < 1.29 is 28.8 Å². The lowest BCUT2D eigenvalue weighted by Crippen LogP contribution is -2.03. The summed E-state index contributed by atoms with van der Waals surface area (Å²) in [7, 11) is 0.